The van der Waals surface area contributed by atoms with Gasteiger partial charge in [-0.05, 0) is 79.3 Å². The van der Waals surface area contributed by atoms with E-state index >= 15 is 0 Å². The van der Waals surface area contributed by atoms with Gasteiger partial charge in [-0.15, -0.1) is 0 Å². The maximum atomic E-state index is 6.52. The van der Waals surface area contributed by atoms with E-state index in [1.807, 2.05) is 18.2 Å². The standard InChI is InChI=1S/C17H19BrClN/c1-9-7-10(2)12(4)16(11(9)3)17(20)14-8-13(18)5-6-15(14)19/h5-8,17H,20H2,1-4H3. The van der Waals surface area contributed by atoms with Gasteiger partial charge in [0.2, 0.25) is 0 Å². The first-order valence-electron chi connectivity index (χ1n) is 6.60. The van der Waals surface area contributed by atoms with Crippen LogP contribution in [0.1, 0.15) is 39.4 Å². The second-order valence-electron chi connectivity index (χ2n) is 5.32. The van der Waals surface area contributed by atoms with Gasteiger partial charge in [0.25, 0.3) is 0 Å². The highest BCUT2D eigenvalue weighted by Gasteiger charge is 2.19. The molecular formula is C17H19BrClN. The average molecular weight is 353 g/mol. The van der Waals surface area contributed by atoms with E-state index in [4.69, 9.17) is 17.3 Å². The number of halogens is 2. The molecule has 2 aromatic rings. The third-order valence-electron chi connectivity index (χ3n) is 4.03. The monoisotopic (exact) mass is 351 g/mol. The second kappa shape index (κ2) is 5.88. The molecular weight excluding hydrogens is 334 g/mol. The summed E-state index contributed by atoms with van der Waals surface area (Å²) in [4.78, 5) is 0. The summed E-state index contributed by atoms with van der Waals surface area (Å²) in [6.45, 7) is 8.51. The van der Waals surface area contributed by atoms with Gasteiger partial charge in [-0.2, -0.15) is 0 Å². The Labute approximate surface area is 134 Å². The molecule has 1 nitrogen and oxygen atoms in total. The molecule has 0 aliphatic rings. The van der Waals surface area contributed by atoms with Crippen LogP contribution in [0, 0.1) is 27.7 Å². The molecule has 20 heavy (non-hydrogen) atoms. The van der Waals surface area contributed by atoms with Crippen molar-refractivity contribution >= 4 is 27.5 Å². The highest BCUT2D eigenvalue weighted by atomic mass is 79.9. The molecule has 2 N–H and O–H groups in total. The minimum absolute atomic E-state index is 0.210. The first kappa shape index (κ1) is 15.6. The van der Waals surface area contributed by atoms with E-state index in [2.05, 4.69) is 49.7 Å². The van der Waals surface area contributed by atoms with Gasteiger partial charge in [0, 0.05) is 9.50 Å². The van der Waals surface area contributed by atoms with Crippen LogP contribution < -0.4 is 5.73 Å². The van der Waals surface area contributed by atoms with Gasteiger partial charge < -0.3 is 5.73 Å². The molecule has 1 atom stereocenters. The molecule has 0 aromatic heterocycles. The Hall–Kier alpha value is -0.830. The molecule has 0 saturated carbocycles. The largest absolute Gasteiger partial charge is 0.320 e. The topological polar surface area (TPSA) is 26.0 Å². The van der Waals surface area contributed by atoms with Crippen molar-refractivity contribution in [3.8, 4) is 0 Å². The first-order valence-corrected chi connectivity index (χ1v) is 7.77. The number of nitrogens with two attached hydrogens (primary N) is 1. The van der Waals surface area contributed by atoms with Crippen molar-refractivity contribution in [3.63, 3.8) is 0 Å². The second-order valence-corrected chi connectivity index (χ2v) is 6.64. The lowest BCUT2D eigenvalue weighted by atomic mass is 9.87. The molecule has 0 spiro atoms. The van der Waals surface area contributed by atoms with E-state index in [0.29, 0.717) is 5.02 Å². The van der Waals surface area contributed by atoms with Crippen molar-refractivity contribution < 1.29 is 0 Å². The van der Waals surface area contributed by atoms with Crippen molar-refractivity contribution in [3.05, 3.63) is 67.1 Å². The summed E-state index contributed by atoms with van der Waals surface area (Å²) in [5, 5.41) is 0.707. The lowest BCUT2D eigenvalue weighted by Crippen LogP contribution is -2.16. The third kappa shape index (κ3) is 2.78. The molecule has 2 rings (SSSR count). The van der Waals surface area contributed by atoms with Crippen molar-refractivity contribution in [1.29, 1.82) is 0 Å². The van der Waals surface area contributed by atoms with Crippen molar-refractivity contribution in [2.24, 2.45) is 5.73 Å². The van der Waals surface area contributed by atoms with Gasteiger partial charge in [-0.3, -0.25) is 0 Å². The Kier molecular flexibility index (Phi) is 4.58. The number of hydrogen-bond acceptors (Lipinski definition) is 1. The molecule has 2 aromatic carbocycles. The fraction of sp³-hybridized carbons (Fsp3) is 0.294. The van der Waals surface area contributed by atoms with Crippen molar-refractivity contribution in [2.75, 3.05) is 0 Å². The van der Waals surface area contributed by atoms with Crippen LogP contribution in [0.25, 0.3) is 0 Å². The lowest BCUT2D eigenvalue weighted by molar-refractivity contribution is 0.845. The first-order chi connectivity index (χ1) is 9.32. The zero-order valence-electron chi connectivity index (χ0n) is 12.2. The summed E-state index contributed by atoms with van der Waals surface area (Å²) in [5.41, 5.74) is 13.7. The number of rotatable bonds is 2. The highest BCUT2D eigenvalue weighted by molar-refractivity contribution is 9.10. The molecule has 1 unspecified atom stereocenters. The average Bonchev–Trinajstić information content (AvgIpc) is 2.39. The normalized spacial score (nSPS) is 12.6. The van der Waals surface area contributed by atoms with Crippen LogP contribution in [0.2, 0.25) is 5.02 Å². The summed E-state index contributed by atoms with van der Waals surface area (Å²) in [5.74, 6) is 0. The predicted octanol–water partition coefficient (Wildman–Crippen LogP) is 5.38. The molecule has 3 heteroatoms. The Morgan fingerprint density at radius 3 is 2.10 bits per heavy atom. The fourth-order valence-electron chi connectivity index (χ4n) is 2.62. The van der Waals surface area contributed by atoms with Crippen LogP contribution in [0.3, 0.4) is 0 Å². The summed E-state index contributed by atoms with van der Waals surface area (Å²) < 4.78 is 0.993. The SMILES string of the molecule is Cc1cc(C)c(C)c(C(N)c2cc(Br)ccc2Cl)c1C. The summed E-state index contributed by atoms with van der Waals surface area (Å²) in [6, 6.07) is 7.82. The number of hydrogen-bond donors (Lipinski definition) is 1. The van der Waals surface area contributed by atoms with E-state index in [1.54, 1.807) is 0 Å². The van der Waals surface area contributed by atoms with Crippen molar-refractivity contribution in [2.45, 2.75) is 33.7 Å². The van der Waals surface area contributed by atoms with Gasteiger partial charge >= 0.3 is 0 Å². The molecule has 0 saturated heterocycles. The Morgan fingerprint density at radius 2 is 1.55 bits per heavy atom. The van der Waals surface area contributed by atoms with E-state index < -0.39 is 0 Å². The Bertz CT molecular complexity index is 638. The van der Waals surface area contributed by atoms with E-state index in [-0.39, 0.29) is 6.04 Å². The van der Waals surface area contributed by atoms with Gasteiger partial charge in [0.15, 0.2) is 0 Å². The summed E-state index contributed by atoms with van der Waals surface area (Å²) in [7, 11) is 0. The minimum atomic E-state index is -0.210. The van der Waals surface area contributed by atoms with E-state index in [9.17, 15) is 0 Å². The van der Waals surface area contributed by atoms with Gasteiger partial charge in [-0.25, -0.2) is 0 Å². The van der Waals surface area contributed by atoms with Gasteiger partial charge in [0.05, 0.1) is 6.04 Å². The molecule has 0 bridgehead atoms. The van der Waals surface area contributed by atoms with Gasteiger partial charge in [0.1, 0.15) is 0 Å². The molecule has 0 fully saturated rings. The molecule has 0 aliphatic carbocycles. The Balaban J connectivity index is 2.65. The summed E-state index contributed by atoms with van der Waals surface area (Å²) in [6.07, 6.45) is 0. The van der Waals surface area contributed by atoms with Crippen LogP contribution >= 0.6 is 27.5 Å². The third-order valence-corrected chi connectivity index (χ3v) is 4.87. The molecule has 0 heterocycles. The van der Waals surface area contributed by atoms with Gasteiger partial charge in [-0.1, -0.05) is 33.6 Å². The number of benzene rings is 2. The van der Waals surface area contributed by atoms with Crippen LogP contribution in [-0.4, -0.2) is 0 Å². The molecule has 0 radical (unpaired) electrons. The lowest BCUT2D eigenvalue weighted by Gasteiger charge is -2.22. The fourth-order valence-corrected chi connectivity index (χ4v) is 3.24. The predicted molar refractivity (Wildman–Crippen MR) is 90.6 cm³/mol. The van der Waals surface area contributed by atoms with Crippen LogP contribution in [0.15, 0.2) is 28.7 Å². The minimum Gasteiger partial charge on any atom is -0.320 e. The maximum Gasteiger partial charge on any atom is 0.0572 e. The van der Waals surface area contributed by atoms with E-state index in [0.717, 1.165) is 10.0 Å². The molecule has 106 valence electrons. The molecule has 0 amide bonds. The van der Waals surface area contributed by atoms with Crippen molar-refractivity contribution in [1.82, 2.24) is 0 Å². The smallest absolute Gasteiger partial charge is 0.0572 e. The van der Waals surface area contributed by atoms with Crippen LogP contribution in [0.4, 0.5) is 0 Å². The highest BCUT2D eigenvalue weighted by Crippen LogP contribution is 2.34. The number of aryl methyl sites for hydroxylation is 2. The zero-order chi connectivity index (χ0) is 15.0. The zero-order valence-corrected chi connectivity index (χ0v) is 14.6. The van der Waals surface area contributed by atoms with E-state index in [1.165, 1.54) is 27.8 Å². The summed E-state index contributed by atoms with van der Waals surface area (Å²) >= 11 is 9.81. The van der Waals surface area contributed by atoms with Crippen LogP contribution in [-0.2, 0) is 0 Å². The molecule has 0 aliphatic heterocycles. The maximum absolute atomic E-state index is 6.52. The quantitative estimate of drug-likeness (QED) is 0.771. The Morgan fingerprint density at radius 1 is 1.00 bits per heavy atom. The van der Waals surface area contributed by atoms with Crippen LogP contribution in [0.5, 0.6) is 0 Å².